The summed E-state index contributed by atoms with van der Waals surface area (Å²) in [5.74, 6) is -0.734. The van der Waals surface area contributed by atoms with Crippen molar-refractivity contribution in [3.8, 4) is 0 Å². The van der Waals surface area contributed by atoms with Crippen molar-refractivity contribution in [3.05, 3.63) is 15.6 Å². The summed E-state index contributed by atoms with van der Waals surface area (Å²) in [5, 5.41) is 0.669. The summed E-state index contributed by atoms with van der Waals surface area (Å²) >= 11 is 1.23. The van der Waals surface area contributed by atoms with Crippen molar-refractivity contribution in [1.29, 1.82) is 0 Å². The topological polar surface area (TPSA) is 65.5 Å². The van der Waals surface area contributed by atoms with Gasteiger partial charge in [0.1, 0.15) is 15.5 Å². The van der Waals surface area contributed by atoms with Crippen LogP contribution in [0, 0.1) is 0 Å². The van der Waals surface area contributed by atoms with Gasteiger partial charge in [0.25, 0.3) is 0 Å². The number of carbonyl (C=O) groups is 2. The van der Waals surface area contributed by atoms with Crippen molar-refractivity contribution < 1.29 is 19.1 Å². The molecule has 5 nitrogen and oxygen atoms in total. The Balaban J connectivity index is 3.34. The summed E-state index contributed by atoms with van der Waals surface area (Å²) < 4.78 is 10.9. The Morgan fingerprint density at radius 2 is 1.76 bits per heavy atom. The van der Waals surface area contributed by atoms with E-state index in [-0.39, 0.29) is 18.1 Å². The van der Waals surface area contributed by atoms with Gasteiger partial charge in [-0.3, -0.25) is 4.79 Å². The lowest BCUT2D eigenvalue weighted by molar-refractivity contribution is -0.0507. The molecule has 6 heteroatoms. The molecule has 0 saturated heterocycles. The fourth-order valence-electron chi connectivity index (χ4n) is 2.19. The van der Waals surface area contributed by atoms with Gasteiger partial charge in [-0.15, -0.1) is 11.3 Å². The lowest BCUT2D eigenvalue weighted by Crippen LogP contribution is -2.28. The van der Waals surface area contributed by atoms with Crippen LogP contribution in [0.2, 0.25) is 0 Å². The first-order chi connectivity index (χ1) is 9.95. The number of rotatable bonds is 8. The zero-order valence-electron chi connectivity index (χ0n) is 13.3. The molecule has 1 heterocycles. The highest BCUT2D eigenvalue weighted by atomic mass is 32.1. The summed E-state index contributed by atoms with van der Waals surface area (Å²) in [6, 6.07) is 0. The zero-order chi connectivity index (χ0) is 16.0. The van der Waals surface area contributed by atoms with Crippen molar-refractivity contribution in [2.45, 2.75) is 53.1 Å². The predicted molar refractivity (Wildman–Crippen MR) is 82.0 cm³/mol. The second-order valence-electron chi connectivity index (χ2n) is 4.61. The van der Waals surface area contributed by atoms with Crippen molar-refractivity contribution in [3.63, 3.8) is 0 Å². The number of aromatic nitrogens is 1. The monoisotopic (exact) mass is 313 g/mol. The molecule has 0 aromatic carbocycles. The van der Waals surface area contributed by atoms with Crippen LogP contribution < -0.4 is 0 Å². The molecule has 0 spiro atoms. The van der Waals surface area contributed by atoms with E-state index in [2.05, 4.69) is 4.98 Å². The third-order valence-corrected chi connectivity index (χ3v) is 4.71. The molecule has 0 amide bonds. The Morgan fingerprint density at radius 1 is 1.14 bits per heavy atom. The van der Waals surface area contributed by atoms with E-state index >= 15 is 0 Å². The molecule has 0 N–H and O–H groups in total. The molecule has 0 atom stereocenters. The van der Waals surface area contributed by atoms with Crippen LogP contribution >= 0.6 is 11.3 Å². The Hall–Kier alpha value is -1.27. The molecule has 21 heavy (non-hydrogen) atoms. The molecule has 0 radical (unpaired) electrons. The maximum atomic E-state index is 12.0. The molecule has 1 aromatic heterocycles. The minimum atomic E-state index is -0.553. The molecule has 0 fully saturated rings. The molecule has 0 aliphatic carbocycles. The Bertz CT molecular complexity index is 506. The van der Waals surface area contributed by atoms with Crippen LogP contribution in [0.4, 0.5) is 0 Å². The van der Waals surface area contributed by atoms with E-state index in [1.165, 1.54) is 18.3 Å². The van der Waals surface area contributed by atoms with E-state index in [1.807, 2.05) is 20.8 Å². The van der Waals surface area contributed by atoms with Crippen molar-refractivity contribution in [1.82, 2.24) is 4.98 Å². The van der Waals surface area contributed by atoms with Crippen molar-refractivity contribution in [2.75, 3.05) is 13.2 Å². The van der Waals surface area contributed by atoms with E-state index in [0.717, 1.165) is 12.8 Å². The highest BCUT2D eigenvalue weighted by molar-refractivity contribution is 7.14. The molecule has 1 aromatic rings. The van der Waals surface area contributed by atoms with E-state index < -0.39 is 11.6 Å². The molecule has 0 unspecified atom stereocenters. The van der Waals surface area contributed by atoms with Crippen LogP contribution in [0.1, 0.15) is 72.6 Å². The molecule has 0 aliphatic heterocycles. The smallest absolute Gasteiger partial charge is 0.358 e. The number of nitrogens with zero attached hydrogens (tertiary/aromatic N) is 1. The summed E-state index contributed by atoms with van der Waals surface area (Å²) in [4.78, 5) is 28.5. The van der Waals surface area contributed by atoms with Gasteiger partial charge in [-0.2, -0.15) is 0 Å². The normalized spacial score (nSPS) is 11.5. The predicted octanol–water partition coefficient (Wildman–Crippen LogP) is 3.57. The summed E-state index contributed by atoms with van der Waals surface area (Å²) in [5.41, 5.74) is -0.440. The van der Waals surface area contributed by atoms with Crippen LogP contribution in [-0.2, 0) is 15.1 Å². The minimum Gasteiger partial charge on any atom is -0.461 e. The highest BCUT2D eigenvalue weighted by Gasteiger charge is 2.35. The van der Waals surface area contributed by atoms with Gasteiger partial charge in [-0.05, 0) is 26.7 Å². The number of esters is 1. The van der Waals surface area contributed by atoms with Gasteiger partial charge in [-0.1, -0.05) is 13.8 Å². The number of hydrogen-bond donors (Lipinski definition) is 0. The Labute approximate surface area is 129 Å². The lowest BCUT2D eigenvalue weighted by Gasteiger charge is -2.29. The Morgan fingerprint density at radius 3 is 2.19 bits per heavy atom. The van der Waals surface area contributed by atoms with Gasteiger partial charge >= 0.3 is 5.97 Å². The molecule has 0 saturated carbocycles. The van der Waals surface area contributed by atoms with Crippen LogP contribution in [0.3, 0.4) is 0 Å². The molecule has 0 bridgehead atoms. The van der Waals surface area contributed by atoms with Crippen molar-refractivity contribution in [2.24, 2.45) is 0 Å². The molecule has 0 aliphatic rings. The third kappa shape index (κ3) is 3.68. The number of Topliss-reactive ketones (excluding diaryl/α,β-unsaturated/α-hetero) is 1. The van der Waals surface area contributed by atoms with Gasteiger partial charge in [0.2, 0.25) is 0 Å². The molecular formula is C15H23NO4S. The zero-order valence-corrected chi connectivity index (χ0v) is 14.1. The Kier molecular flexibility index (Phi) is 6.48. The lowest BCUT2D eigenvalue weighted by atomic mass is 9.98. The number of thiazole rings is 1. The summed E-state index contributed by atoms with van der Waals surface area (Å²) in [7, 11) is 0. The van der Waals surface area contributed by atoms with Gasteiger partial charge < -0.3 is 9.47 Å². The first-order valence-corrected chi connectivity index (χ1v) is 8.10. The fraction of sp³-hybridized carbons (Fsp3) is 0.667. The van der Waals surface area contributed by atoms with Gasteiger partial charge in [0.05, 0.1) is 6.61 Å². The number of ketones is 1. The SMILES string of the molecule is CCOC(=O)c1nc(C(CC)(CC)OCC)sc1C(C)=O. The van der Waals surface area contributed by atoms with Crippen LogP contribution in [0.15, 0.2) is 0 Å². The summed E-state index contributed by atoms with van der Waals surface area (Å²) in [6.45, 7) is 9.90. The number of hydrogen-bond acceptors (Lipinski definition) is 6. The summed E-state index contributed by atoms with van der Waals surface area (Å²) in [6.07, 6.45) is 1.45. The number of ether oxygens (including phenoxy) is 2. The van der Waals surface area contributed by atoms with E-state index in [1.54, 1.807) is 6.92 Å². The van der Waals surface area contributed by atoms with Crippen LogP contribution in [0.25, 0.3) is 0 Å². The van der Waals surface area contributed by atoms with Gasteiger partial charge in [-0.25, -0.2) is 9.78 Å². The van der Waals surface area contributed by atoms with Gasteiger partial charge in [0, 0.05) is 13.5 Å². The fourth-order valence-corrected chi connectivity index (χ4v) is 3.42. The standard InChI is InChI=1S/C15H23NO4S/c1-6-15(7-2,20-9-4)14-16-11(13(18)19-8-3)12(21-14)10(5)17/h6-9H2,1-5H3. The van der Waals surface area contributed by atoms with Crippen molar-refractivity contribution >= 4 is 23.1 Å². The van der Waals surface area contributed by atoms with E-state index in [0.29, 0.717) is 16.5 Å². The largest absolute Gasteiger partial charge is 0.461 e. The minimum absolute atomic E-state index is 0.107. The van der Waals surface area contributed by atoms with Gasteiger partial charge in [0.15, 0.2) is 11.5 Å². The van der Waals surface area contributed by atoms with E-state index in [9.17, 15) is 9.59 Å². The second kappa shape index (κ2) is 7.66. The number of carbonyl (C=O) groups excluding carboxylic acids is 2. The molecular weight excluding hydrogens is 290 g/mol. The maximum Gasteiger partial charge on any atom is 0.358 e. The quantitative estimate of drug-likeness (QED) is 0.542. The third-order valence-electron chi connectivity index (χ3n) is 3.37. The molecule has 118 valence electrons. The second-order valence-corrected chi connectivity index (χ2v) is 5.61. The molecule has 1 rings (SSSR count). The average molecular weight is 313 g/mol. The van der Waals surface area contributed by atoms with Crippen LogP contribution in [-0.4, -0.2) is 30.0 Å². The highest BCUT2D eigenvalue weighted by Crippen LogP contribution is 2.37. The van der Waals surface area contributed by atoms with E-state index in [4.69, 9.17) is 9.47 Å². The van der Waals surface area contributed by atoms with Crippen LogP contribution in [0.5, 0.6) is 0 Å². The first-order valence-electron chi connectivity index (χ1n) is 7.28. The first kappa shape index (κ1) is 17.8. The average Bonchev–Trinajstić information content (AvgIpc) is 2.91. The maximum absolute atomic E-state index is 12.0.